The lowest BCUT2D eigenvalue weighted by molar-refractivity contribution is 0.236. The zero-order valence-corrected chi connectivity index (χ0v) is 12.0. The van der Waals surface area contributed by atoms with Crippen LogP contribution in [0.25, 0.3) is 0 Å². The van der Waals surface area contributed by atoms with E-state index in [0.29, 0.717) is 18.1 Å². The van der Waals surface area contributed by atoms with Crippen LogP contribution >= 0.6 is 11.6 Å². The highest BCUT2D eigenvalue weighted by atomic mass is 35.5. The van der Waals surface area contributed by atoms with Crippen LogP contribution in [0.1, 0.15) is 11.4 Å². The van der Waals surface area contributed by atoms with Crippen molar-refractivity contribution in [3.8, 4) is 0 Å². The smallest absolute Gasteiger partial charge is 0.180 e. The number of hydrogen-bond acceptors (Lipinski definition) is 6. The molecule has 0 aliphatic carbocycles. The molecule has 3 heterocycles. The SMILES string of the molecule is Clc1cnn(CCN(Cc2cocn2)Cc2cocn2)c1. The van der Waals surface area contributed by atoms with Crippen molar-refractivity contribution in [1.82, 2.24) is 24.6 Å². The number of halogens is 1. The Morgan fingerprint density at radius 1 is 1.10 bits per heavy atom. The molecule has 0 fully saturated rings. The molecule has 7 nitrogen and oxygen atoms in total. The van der Waals surface area contributed by atoms with Crippen molar-refractivity contribution in [2.24, 2.45) is 0 Å². The van der Waals surface area contributed by atoms with Gasteiger partial charge in [0.25, 0.3) is 0 Å². The average Bonchev–Trinajstić information content (AvgIpc) is 3.19. The maximum absolute atomic E-state index is 5.86. The van der Waals surface area contributed by atoms with E-state index in [1.165, 1.54) is 12.8 Å². The third-order valence-electron chi connectivity index (χ3n) is 2.99. The molecule has 0 N–H and O–H groups in total. The van der Waals surface area contributed by atoms with E-state index in [0.717, 1.165) is 24.5 Å². The van der Waals surface area contributed by atoms with Crippen LogP contribution in [0.15, 0.2) is 46.5 Å². The van der Waals surface area contributed by atoms with E-state index in [4.69, 9.17) is 20.4 Å². The van der Waals surface area contributed by atoms with Gasteiger partial charge in [0.05, 0.1) is 29.2 Å². The quantitative estimate of drug-likeness (QED) is 0.666. The predicted molar refractivity (Wildman–Crippen MR) is 74.4 cm³/mol. The normalized spacial score (nSPS) is 11.3. The van der Waals surface area contributed by atoms with E-state index < -0.39 is 0 Å². The molecule has 3 aromatic rings. The molecule has 0 aliphatic rings. The molecule has 8 heteroatoms. The predicted octanol–water partition coefficient (Wildman–Crippen LogP) is 2.21. The molecule has 0 aliphatic heterocycles. The second kappa shape index (κ2) is 6.55. The minimum absolute atomic E-state index is 0.634. The molecule has 0 radical (unpaired) electrons. The van der Waals surface area contributed by atoms with Gasteiger partial charge in [-0.05, 0) is 0 Å². The zero-order chi connectivity index (χ0) is 14.5. The molecular formula is C13H14ClN5O2. The first-order valence-electron chi connectivity index (χ1n) is 6.44. The van der Waals surface area contributed by atoms with Crippen LogP contribution in [-0.4, -0.2) is 31.2 Å². The Kier molecular flexibility index (Phi) is 4.32. The topological polar surface area (TPSA) is 73.1 Å². The fourth-order valence-corrected chi connectivity index (χ4v) is 2.16. The maximum atomic E-state index is 5.86. The summed E-state index contributed by atoms with van der Waals surface area (Å²) in [6.45, 7) is 2.83. The van der Waals surface area contributed by atoms with Gasteiger partial charge in [-0.15, -0.1) is 0 Å². The molecule has 0 saturated carbocycles. The fourth-order valence-electron chi connectivity index (χ4n) is 2.01. The van der Waals surface area contributed by atoms with E-state index >= 15 is 0 Å². The van der Waals surface area contributed by atoms with Crippen LogP contribution in [-0.2, 0) is 19.6 Å². The third-order valence-corrected chi connectivity index (χ3v) is 3.18. The Labute approximate surface area is 126 Å². The largest absolute Gasteiger partial charge is 0.451 e. The highest BCUT2D eigenvalue weighted by Crippen LogP contribution is 2.09. The van der Waals surface area contributed by atoms with Gasteiger partial charge >= 0.3 is 0 Å². The highest BCUT2D eigenvalue weighted by Gasteiger charge is 2.11. The number of aromatic nitrogens is 4. The fraction of sp³-hybridized carbons (Fsp3) is 0.308. The summed E-state index contributed by atoms with van der Waals surface area (Å²) in [5.74, 6) is 0. The standard InChI is InChI=1S/C13H14ClN5O2/c14-11-3-17-19(4-11)2-1-18(5-12-7-20-9-15-12)6-13-8-21-10-16-13/h3-4,7-10H,1-2,5-6H2. The lowest BCUT2D eigenvalue weighted by Crippen LogP contribution is -2.27. The minimum Gasteiger partial charge on any atom is -0.451 e. The molecule has 0 amide bonds. The lowest BCUT2D eigenvalue weighted by Gasteiger charge is -2.19. The summed E-state index contributed by atoms with van der Waals surface area (Å²) >= 11 is 5.86. The van der Waals surface area contributed by atoms with Crippen LogP contribution < -0.4 is 0 Å². The van der Waals surface area contributed by atoms with Gasteiger partial charge in [0, 0.05) is 25.8 Å². The molecule has 3 rings (SSSR count). The van der Waals surface area contributed by atoms with Gasteiger partial charge in [0.2, 0.25) is 0 Å². The summed E-state index contributed by atoms with van der Waals surface area (Å²) in [5, 5.41) is 4.81. The van der Waals surface area contributed by atoms with E-state index in [2.05, 4.69) is 20.0 Å². The zero-order valence-electron chi connectivity index (χ0n) is 11.2. The van der Waals surface area contributed by atoms with Gasteiger partial charge < -0.3 is 8.83 Å². The van der Waals surface area contributed by atoms with Crippen LogP contribution in [0.2, 0.25) is 5.02 Å². The van der Waals surface area contributed by atoms with Crippen molar-refractivity contribution in [2.75, 3.05) is 6.54 Å². The third kappa shape index (κ3) is 3.93. The number of oxazole rings is 2. The molecule has 0 spiro atoms. The molecule has 0 saturated heterocycles. The molecule has 0 aromatic carbocycles. The Morgan fingerprint density at radius 3 is 2.24 bits per heavy atom. The van der Waals surface area contributed by atoms with Crippen molar-refractivity contribution in [3.05, 3.63) is 54.1 Å². The Morgan fingerprint density at radius 2 is 1.76 bits per heavy atom. The van der Waals surface area contributed by atoms with Gasteiger partial charge in [0.1, 0.15) is 12.5 Å². The molecule has 0 bridgehead atoms. The van der Waals surface area contributed by atoms with Crippen molar-refractivity contribution >= 4 is 11.6 Å². The van der Waals surface area contributed by atoms with Crippen molar-refractivity contribution in [3.63, 3.8) is 0 Å². The summed E-state index contributed by atoms with van der Waals surface area (Å²) < 4.78 is 11.8. The molecular weight excluding hydrogens is 294 g/mol. The van der Waals surface area contributed by atoms with Gasteiger partial charge in [-0.25, -0.2) is 9.97 Å². The van der Waals surface area contributed by atoms with Crippen LogP contribution in [0, 0.1) is 0 Å². The van der Waals surface area contributed by atoms with E-state index in [-0.39, 0.29) is 0 Å². The van der Waals surface area contributed by atoms with E-state index in [9.17, 15) is 0 Å². The molecule has 110 valence electrons. The summed E-state index contributed by atoms with van der Waals surface area (Å²) in [6, 6.07) is 0. The lowest BCUT2D eigenvalue weighted by atomic mass is 10.3. The van der Waals surface area contributed by atoms with Gasteiger partial charge in [0.15, 0.2) is 12.8 Å². The first kappa shape index (κ1) is 13.8. The van der Waals surface area contributed by atoms with Crippen molar-refractivity contribution in [2.45, 2.75) is 19.6 Å². The van der Waals surface area contributed by atoms with Crippen molar-refractivity contribution in [1.29, 1.82) is 0 Å². The minimum atomic E-state index is 0.634. The average molecular weight is 308 g/mol. The second-order valence-electron chi connectivity index (χ2n) is 4.59. The first-order chi connectivity index (χ1) is 10.3. The highest BCUT2D eigenvalue weighted by molar-refractivity contribution is 6.30. The maximum Gasteiger partial charge on any atom is 0.180 e. The van der Waals surface area contributed by atoms with Crippen LogP contribution in [0.3, 0.4) is 0 Å². The van der Waals surface area contributed by atoms with Crippen LogP contribution in [0.5, 0.6) is 0 Å². The number of hydrogen-bond donors (Lipinski definition) is 0. The van der Waals surface area contributed by atoms with Gasteiger partial charge in [-0.3, -0.25) is 9.58 Å². The van der Waals surface area contributed by atoms with Gasteiger partial charge in [-0.1, -0.05) is 11.6 Å². The Hall–Kier alpha value is -2.12. The summed E-state index contributed by atoms with van der Waals surface area (Å²) in [5.41, 5.74) is 1.74. The Bertz CT molecular complexity index is 614. The summed E-state index contributed by atoms with van der Waals surface area (Å²) in [4.78, 5) is 10.5. The summed E-state index contributed by atoms with van der Waals surface area (Å²) in [7, 11) is 0. The molecule has 0 unspecified atom stereocenters. The molecule has 21 heavy (non-hydrogen) atoms. The molecule has 3 aromatic heterocycles. The van der Waals surface area contributed by atoms with Crippen LogP contribution in [0.4, 0.5) is 0 Å². The molecule has 0 atom stereocenters. The Balaban J connectivity index is 1.63. The monoisotopic (exact) mass is 307 g/mol. The second-order valence-corrected chi connectivity index (χ2v) is 5.03. The van der Waals surface area contributed by atoms with Crippen molar-refractivity contribution < 1.29 is 8.83 Å². The summed E-state index contributed by atoms with van der Waals surface area (Å²) in [6.07, 6.45) is 9.56. The first-order valence-corrected chi connectivity index (χ1v) is 6.82. The van der Waals surface area contributed by atoms with E-state index in [1.807, 2.05) is 0 Å². The van der Waals surface area contributed by atoms with Gasteiger partial charge in [-0.2, -0.15) is 5.10 Å². The van der Waals surface area contributed by atoms with E-state index in [1.54, 1.807) is 29.6 Å². The number of rotatable bonds is 7. The number of nitrogens with zero attached hydrogens (tertiary/aromatic N) is 5.